The first-order chi connectivity index (χ1) is 8.08. The lowest BCUT2D eigenvalue weighted by molar-refractivity contribution is 0.236. The van der Waals surface area contributed by atoms with Crippen molar-refractivity contribution < 1.29 is 4.39 Å². The largest absolute Gasteiger partial charge is 0.326 e. The van der Waals surface area contributed by atoms with Crippen LogP contribution in [0.15, 0.2) is 18.2 Å². The molecule has 1 aromatic rings. The number of nitrogens with zero attached hydrogens (tertiary/aromatic N) is 1. The van der Waals surface area contributed by atoms with Crippen molar-refractivity contribution in [3.63, 3.8) is 0 Å². The van der Waals surface area contributed by atoms with Crippen LogP contribution >= 0.6 is 0 Å². The van der Waals surface area contributed by atoms with Crippen LogP contribution in [0.25, 0.3) is 0 Å². The van der Waals surface area contributed by atoms with Crippen molar-refractivity contribution in [3.8, 4) is 0 Å². The fraction of sp³-hybridized carbons (Fsp3) is 0.571. The molecule has 0 amide bonds. The van der Waals surface area contributed by atoms with E-state index in [-0.39, 0.29) is 12.4 Å². The molecule has 0 bridgehead atoms. The van der Waals surface area contributed by atoms with E-state index in [2.05, 4.69) is 25.8 Å². The summed E-state index contributed by atoms with van der Waals surface area (Å²) in [5, 5.41) is 0. The van der Waals surface area contributed by atoms with Crippen LogP contribution in [0.1, 0.15) is 37.8 Å². The molecular formula is C14H23FN2. The molecule has 2 N–H and O–H groups in total. The van der Waals surface area contributed by atoms with Gasteiger partial charge in [-0.15, -0.1) is 0 Å². The second-order valence-corrected chi connectivity index (χ2v) is 4.68. The van der Waals surface area contributed by atoms with E-state index >= 15 is 0 Å². The van der Waals surface area contributed by atoms with Gasteiger partial charge in [0.1, 0.15) is 5.82 Å². The van der Waals surface area contributed by atoms with Gasteiger partial charge in [-0.05, 0) is 32.0 Å². The van der Waals surface area contributed by atoms with Crippen molar-refractivity contribution in [1.29, 1.82) is 0 Å². The van der Waals surface area contributed by atoms with Crippen LogP contribution in [0.4, 0.5) is 4.39 Å². The molecule has 1 rings (SSSR count). The second kappa shape index (κ2) is 6.72. The molecule has 0 heterocycles. The average Bonchev–Trinajstić information content (AvgIpc) is 2.31. The Balaban J connectivity index is 2.68. The molecule has 1 atom stereocenters. The molecule has 0 aromatic heterocycles. The first kappa shape index (κ1) is 14.1. The van der Waals surface area contributed by atoms with E-state index in [0.717, 1.165) is 12.1 Å². The summed E-state index contributed by atoms with van der Waals surface area (Å²) in [7, 11) is 2.10. The molecule has 3 heteroatoms. The second-order valence-electron chi connectivity index (χ2n) is 4.68. The Morgan fingerprint density at radius 2 is 2.12 bits per heavy atom. The smallest absolute Gasteiger partial charge is 0.127 e. The van der Waals surface area contributed by atoms with Crippen LogP contribution in [0.3, 0.4) is 0 Å². The van der Waals surface area contributed by atoms with E-state index in [4.69, 9.17) is 5.73 Å². The Labute approximate surface area is 104 Å². The molecule has 0 aliphatic rings. The topological polar surface area (TPSA) is 29.3 Å². The van der Waals surface area contributed by atoms with Crippen molar-refractivity contribution in [2.24, 2.45) is 5.73 Å². The van der Waals surface area contributed by atoms with Crippen molar-refractivity contribution in [3.05, 3.63) is 35.1 Å². The predicted molar refractivity (Wildman–Crippen MR) is 70.1 cm³/mol. The van der Waals surface area contributed by atoms with Gasteiger partial charge >= 0.3 is 0 Å². The summed E-state index contributed by atoms with van der Waals surface area (Å²) in [5.41, 5.74) is 7.22. The molecule has 1 unspecified atom stereocenters. The fourth-order valence-electron chi connectivity index (χ4n) is 1.96. The molecule has 0 radical (unpaired) electrons. The molecule has 1 aromatic carbocycles. The zero-order valence-electron chi connectivity index (χ0n) is 11.0. The Kier molecular flexibility index (Phi) is 5.59. The lowest BCUT2D eigenvalue weighted by Gasteiger charge is -2.24. The third-order valence-electron chi connectivity index (χ3n) is 3.22. The molecule has 0 fully saturated rings. The molecular weight excluding hydrogens is 215 g/mol. The lowest BCUT2D eigenvalue weighted by Crippen LogP contribution is -2.28. The third-order valence-corrected chi connectivity index (χ3v) is 3.22. The van der Waals surface area contributed by atoms with E-state index in [1.54, 1.807) is 0 Å². The number of hydrogen-bond acceptors (Lipinski definition) is 2. The standard InChI is InChI=1S/C14H23FN2/c1-4-5-11(2)17(3)10-12-6-7-14(15)13(8-12)9-16/h6-8,11H,4-5,9-10,16H2,1-3H3. The molecule has 0 aliphatic carbocycles. The zero-order valence-corrected chi connectivity index (χ0v) is 11.0. The molecule has 0 aliphatic heterocycles. The summed E-state index contributed by atoms with van der Waals surface area (Å²) in [4.78, 5) is 2.29. The Morgan fingerprint density at radius 3 is 2.71 bits per heavy atom. The van der Waals surface area contributed by atoms with Gasteiger partial charge in [0.05, 0.1) is 0 Å². The fourth-order valence-corrected chi connectivity index (χ4v) is 1.96. The van der Waals surface area contributed by atoms with Crippen LogP contribution in [0.2, 0.25) is 0 Å². The van der Waals surface area contributed by atoms with Gasteiger partial charge in [-0.3, -0.25) is 4.90 Å². The highest BCUT2D eigenvalue weighted by Crippen LogP contribution is 2.14. The average molecular weight is 238 g/mol. The summed E-state index contributed by atoms with van der Waals surface area (Å²) in [6, 6.07) is 5.76. The number of rotatable bonds is 6. The highest BCUT2D eigenvalue weighted by Gasteiger charge is 2.09. The summed E-state index contributed by atoms with van der Waals surface area (Å²) < 4.78 is 13.3. The summed E-state index contributed by atoms with van der Waals surface area (Å²) >= 11 is 0. The van der Waals surface area contributed by atoms with Gasteiger partial charge < -0.3 is 5.73 Å². The minimum absolute atomic E-state index is 0.208. The van der Waals surface area contributed by atoms with Crippen LogP contribution in [-0.2, 0) is 13.1 Å². The van der Waals surface area contributed by atoms with Gasteiger partial charge in [-0.1, -0.05) is 25.5 Å². The lowest BCUT2D eigenvalue weighted by atomic mass is 10.1. The van der Waals surface area contributed by atoms with Gasteiger partial charge in [0, 0.05) is 24.7 Å². The van der Waals surface area contributed by atoms with Crippen LogP contribution < -0.4 is 5.73 Å². The predicted octanol–water partition coefficient (Wildman–Crippen LogP) is 2.90. The SMILES string of the molecule is CCCC(C)N(C)Cc1ccc(F)c(CN)c1. The Hall–Kier alpha value is -0.930. The highest BCUT2D eigenvalue weighted by atomic mass is 19.1. The molecule has 17 heavy (non-hydrogen) atoms. The molecule has 0 saturated carbocycles. The van der Waals surface area contributed by atoms with Gasteiger partial charge in [0.15, 0.2) is 0 Å². The third kappa shape index (κ3) is 4.10. The van der Waals surface area contributed by atoms with E-state index in [0.29, 0.717) is 11.6 Å². The minimum Gasteiger partial charge on any atom is -0.326 e. The quantitative estimate of drug-likeness (QED) is 0.825. The van der Waals surface area contributed by atoms with Crippen molar-refractivity contribution in [2.45, 2.75) is 45.8 Å². The molecule has 0 spiro atoms. The van der Waals surface area contributed by atoms with Crippen LogP contribution in [0.5, 0.6) is 0 Å². The number of benzene rings is 1. The van der Waals surface area contributed by atoms with Crippen molar-refractivity contribution in [2.75, 3.05) is 7.05 Å². The van der Waals surface area contributed by atoms with E-state index in [9.17, 15) is 4.39 Å². The summed E-state index contributed by atoms with van der Waals surface area (Å²) in [6.45, 7) is 5.51. The maximum Gasteiger partial charge on any atom is 0.127 e. The Morgan fingerprint density at radius 1 is 1.41 bits per heavy atom. The number of hydrogen-bond donors (Lipinski definition) is 1. The van der Waals surface area contributed by atoms with E-state index in [1.165, 1.54) is 18.9 Å². The maximum atomic E-state index is 13.3. The van der Waals surface area contributed by atoms with E-state index < -0.39 is 0 Å². The molecule has 0 saturated heterocycles. The summed E-state index contributed by atoms with van der Waals surface area (Å²) in [5.74, 6) is -0.208. The van der Waals surface area contributed by atoms with Crippen molar-refractivity contribution >= 4 is 0 Å². The van der Waals surface area contributed by atoms with Crippen LogP contribution in [-0.4, -0.2) is 18.0 Å². The van der Waals surface area contributed by atoms with Crippen LogP contribution in [0, 0.1) is 5.82 Å². The van der Waals surface area contributed by atoms with Gasteiger partial charge in [0.25, 0.3) is 0 Å². The Bertz CT molecular complexity index is 352. The van der Waals surface area contributed by atoms with Gasteiger partial charge in [-0.25, -0.2) is 4.39 Å². The minimum atomic E-state index is -0.208. The summed E-state index contributed by atoms with van der Waals surface area (Å²) in [6.07, 6.45) is 2.37. The van der Waals surface area contributed by atoms with Gasteiger partial charge in [0.2, 0.25) is 0 Å². The maximum absolute atomic E-state index is 13.3. The number of nitrogens with two attached hydrogens (primary N) is 1. The first-order valence-corrected chi connectivity index (χ1v) is 6.26. The highest BCUT2D eigenvalue weighted by molar-refractivity contribution is 5.25. The number of halogens is 1. The zero-order chi connectivity index (χ0) is 12.8. The van der Waals surface area contributed by atoms with Gasteiger partial charge in [-0.2, -0.15) is 0 Å². The molecule has 2 nitrogen and oxygen atoms in total. The first-order valence-electron chi connectivity index (χ1n) is 6.26. The molecule has 96 valence electrons. The van der Waals surface area contributed by atoms with E-state index in [1.807, 2.05) is 12.1 Å². The normalized spacial score (nSPS) is 13.1. The van der Waals surface area contributed by atoms with Crippen molar-refractivity contribution in [1.82, 2.24) is 4.90 Å². The monoisotopic (exact) mass is 238 g/mol.